The summed E-state index contributed by atoms with van der Waals surface area (Å²) in [5, 5.41) is 0. The van der Waals surface area contributed by atoms with Gasteiger partial charge in [0, 0.05) is 11.1 Å². The molecule has 8 heteroatoms. The van der Waals surface area contributed by atoms with Crippen molar-refractivity contribution in [3.63, 3.8) is 0 Å². The van der Waals surface area contributed by atoms with E-state index in [4.69, 9.17) is 20.9 Å². The molecule has 0 spiro atoms. The lowest BCUT2D eigenvalue weighted by Crippen LogP contribution is -2.36. The molecule has 0 aliphatic carbocycles. The Balaban J connectivity index is 2.79. The summed E-state index contributed by atoms with van der Waals surface area (Å²) in [6.45, 7) is 10.5. The topological polar surface area (TPSA) is 70.5 Å². The fourth-order valence-corrected chi connectivity index (χ4v) is 3.56. The third-order valence-corrected chi connectivity index (χ3v) is 5.46. The molecule has 0 saturated carbocycles. The number of methoxy groups -OCH3 is 2. The molecule has 2 aromatic rings. The van der Waals surface area contributed by atoms with E-state index in [9.17, 15) is 0 Å². The first kappa shape index (κ1) is 25.6. The quantitative estimate of drug-likeness (QED) is 0.406. The second kappa shape index (κ2) is 8.05. The van der Waals surface area contributed by atoms with Crippen LogP contribution in [0.1, 0.15) is 63.8 Å². The van der Waals surface area contributed by atoms with E-state index >= 15 is 17.6 Å². The van der Waals surface area contributed by atoms with Gasteiger partial charge in [-0.1, -0.05) is 41.5 Å². The lowest BCUT2D eigenvalue weighted by molar-refractivity contribution is -0.224. The molecule has 0 saturated heterocycles. The van der Waals surface area contributed by atoms with Crippen molar-refractivity contribution in [3.8, 4) is 11.5 Å². The highest BCUT2D eigenvalue weighted by molar-refractivity contribution is 5.65. The van der Waals surface area contributed by atoms with E-state index < -0.39 is 33.8 Å². The Morgan fingerprint density at radius 2 is 0.875 bits per heavy atom. The monoisotopic (exact) mass is 456 g/mol. The van der Waals surface area contributed by atoms with Crippen LogP contribution in [0.3, 0.4) is 0 Å². The second-order valence-corrected chi connectivity index (χ2v) is 9.93. The summed E-state index contributed by atoms with van der Waals surface area (Å²) in [5.41, 5.74) is 9.78. The average molecular weight is 457 g/mol. The number of nitrogen functional groups attached to an aromatic ring is 2. The maximum Gasteiger partial charge on any atom is 0.339 e. The fourth-order valence-electron chi connectivity index (χ4n) is 3.56. The Morgan fingerprint density at radius 3 is 1.09 bits per heavy atom. The van der Waals surface area contributed by atoms with E-state index in [1.165, 1.54) is 14.2 Å². The van der Waals surface area contributed by atoms with Gasteiger partial charge in [0.15, 0.2) is 0 Å². The van der Waals surface area contributed by atoms with Crippen molar-refractivity contribution in [2.75, 3.05) is 25.7 Å². The Kier molecular flexibility index (Phi) is 6.44. The first-order valence-electron chi connectivity index (χ1n) is 10.1. The fraction of sp³-hybridized carbons (Fsp3) is 0.500. The lowest BCUT2D eigenvalue weighted by atomic mass is 9.81. The summed E-state index contributed by atoms with van der Waals surface area (Å²) in [7, 11) is 2.50. The minimum Gasteiger partial charge on any atom is -0.495 e. The van der Waals surface area contributed by atoms with Gasteiger partial charge in [-0.25, -0.2) is 0 Å². The van der Waals surface area contributed by atoms with Gasteiger partial charge in [0.25, 0.3) is 0 Å². The lowest BCUT2D eigenvalue weighted by Gasteiger charge is -2.32. The van der Waals surface area contributed by atoms with E-state index in [1.54, 1.807) is 41.5 Å². The number of hydrogen-bond acceptors (Lipinski definition) is 4. The van der Waals surface area contributed by atoms with Gasteiger partial charge in [-0.15, -0.1) is 0 Å². The average Bonchev–Trinajstić information content (AvgIpc) is 2.65. The van der Waals surface area contributed by atoms with Crippen LogP contribution in [-0.2, 0) is 22.7 Å². The molecule has 0 aromatic heterocycles. The van der Waals surface area contributed by atoms with Crippen LogP contribution >= 0.6 is 0 Å². The summed E-state index contributed by atoms with van der Waals surface area (Å²) in [5.74, 6) is -9.34. The summed E-state index contributed by atoms with van der Waals surface area (Å²) in [4.78, 5) is 0. The van der Waals surface area contributed by atoms with E-state index in [2.05, 4.69) is 0 Å². The zero-order valence-electron chi connectivity index (χ0n) is 19.8. The van der Waals surface area contributed by atoms with Crippen molar-refractivity contribution in [2.24, 2.45) is 0 Å². The number of halogens is 4. The summed E-state index contributed by atoms with van der Waals surface area (Å²) in [6.07, 6.45) is 0. The molecule has 32 heavy (non-hydrogen) atoms. The number of ether oxygens (including phenoxy) is 2. The molecular formula is C24H32F4N2O2. The number of benzene rings is 2. The van der Waals surface area contributed by atoms with Crippen molar-refractivity contribution >= 4 is 11.4 Å². The SMILES string of the molecule is COc1cc(C(F)(F)C(F)(F)c2cc(OC)c(N)c(C(C)(C)C)c2)cc(C(C)(C)C)c1N. The van der Waals surface area contributed by atoms with Gasteiger partial charge in [-0.2, -0.15) is 17.6 Å². The molecule has 0 radical (unpaired) electrons. The highest BCUT2D eigenvalue weighted by atomic mass is 19.3. The number of hydrogen-bond donors (Lipinski definition) is 2. The number of rotatable bonds is 5. The van der Waals surface area contributed by atoms with Crippen LogP contribution in [0.25, 0.3) is 0 Å². The van der Waals surface area contributed by atoms with Gasteiger partial charge >= 0.3 is 11.8 Å². The van der Waals surface area contributed by atoms with Crippen molar-refractivity contribution < 1.29 is 27.0 Å². The number of anilines is 2. The zero-order chi connectivity index (χ0) is 24.9. The maximum absolute atomic E-state index is 15.5. The molecule has 0 aliphatic rings. The van der Waals surface area contributed by atoms with Crippen molar-refractivity contribution in [1.29, 1.82) is 0 Å². The third kappa shape index (κ3) is 4.32. The Hall–Kier alpha value is -2.64. The summed E-state index contributed by atoms with van der Waals surface area (Å²) in [6, 6.07) is 3.76. The maximum atomic E-state index is 15.5. The molecule has 2 aromatic carbocycles. The van der Waals surface area contributed by atoms with Crippen LogP contribution in [0, 0.1) is 0 Å². The molecule has 0 unspecified atom stereocenters. The molecule has 4 nitrogen and oxygen atoms in total. The van der Waals surface area contributed by atoms with Gasteiger partial charge in [-0.3, -0.25) is 0 Å². The minimum absolute atomic E-state index is 0.0897. The predicted octanol–water partition coefficient (Wildman–Crippen LogP) is 6.35. The van der Waals surface area contributed by atoms with Gasteiger partial charge in [0.1, 0.15) is 11.5 Å². The summed E-state index contributed by atoms with van der Waals surface area (Å²) >= 11 is 0. The van der Waals surface area contributed by atoms with Crippen LogP contribution in [0.5, 0.6) is 11.5 Å². The molecular weight excluding hydrogens is 424 g/mol. The van der Waals surface area contributed by atoms with Gasteiger partial charge in [0.05, 0.1) is 25.6 Å². The van der Waals surface area contributed by atoms with Crippen molar-refractivity contribution in [2.45, 2.75) is 64.2 Å². The normalized spacial score (nSPS) is 13.2. The predicted molar refractivity (Wildman–Crippen MR) is 120 cm³/mol. The first-order valence-corrected chi connectivity index (χ1v) is 10.1. The van der Waals surface area contributed by atoms with Crippen LogP contribution in [0.4, 0.5) is 28.9 Å². The van der Waals surface area contributed by atoms with Gasteiger partial charge < -0.3 is 20.9 Å². The van der Waals surface area contributed by atoms with Crippen molar-refractivity contribution in [3.05, 3.63) is 46.5 Å². The van der Waals surface area contributed by atoms with Crippen LogP contribution in [0.2, 0.25) is 0 Å². The zero-order valence-corrected chi connectivity index (χ0v) is 19.8. The van der Waals surface area contributed by atoms with E-state index in [0.29, 0.717) is 0 Å². The molecule has 178 valence electrons. The molecule has 0 fully saturated rings. The van der Waals surface area contributed by atoms with E-state index in [-0.39, 0.29) is 34.0 Å². The molecule has 0 heterocycles. The van der Waals surface area contributed by atoms with E-state index in [1.807, 2.05) is 0 Å². The Bertz CT molecular complexity index is 925. The summed E-state index contributed by atoms with van der Waals surface area (Å²) < 4.78 is 72.1. The van der Waals surface area contributed by atoms with Crippen molar-refractivity contribution in [1.82, 2.24) is 0 Å². The molecule has 0 aliphatic heterocycles. The second-order valence-electron chi connectivity index (χ2n) is 9.93. The van der Waals surface area contributed by atoms with Crippen LogP contribution < -0.4 is 20.9 Å². The molecule has 4 N–H and O–H groups in total. The molecule has 0 amide bonds. The molecule has 2 rings (SSSR count). The minimum atomic E-state index is -4.58. The van der Waals surface area contributed by atoms with Gasteiger partial charge in [0.2, 0.25) is 0 Å². The molecule has 0 atom stereocenters. The number of alkyl halides is 4. The standard InChI is InChI=1S/C24H32F4N2O2/c1-21(2,3)15-9-13(11-17(31-7)19(15)29)23(25,26)24(27,28)14-10-16(22(4,5)6)20(30)18(12-14)32-8/h9-12H,29-30H2,1-8H3. The van der Waals surface area contributed by atoms with Crippen LogP contribution in [0.15, 0.2) is 24.3 Å². The largest absolute Gasteiger partial charge is 0.495 e. The Morgan fingerprint density at radius 1 is 0.594 bits per heavy atom. The number of nitrogens with two attached hydrogens (primary N) is 2. The smallest absolute Gasteiger partial charge is 0.339 e. The third-order valence-electron chi connectivity index (χ3n) is 5.46. The highest BCUT2D eigenvalue weighted by Crippen LogP contribution is 2.53. The highest BCUT2D eigenvalue weighted by Gasteiger charge is 2.59. The Labute approximate surface area is 186 Å². The molecule has 0 bridgehead atoms. The van der Waals surface area contributed by atoms with E-state index in [0.717, 1.165) is 24.3 Å². The van der Waals surface area contributed by atoms with Crippen LogP contribution in [-0.4, -0.2) is 14.2 Å². The van der Waals surface area contributed by atoms with Gasteiger partial charge in [-0.05, 0) is 46.2 Å². The first-order chi connectivity index (χ1) is 14.4.